The van der Waals surface area contributed by atoms with Crippen LogP contribution >= 0.6 is 0 Å². The van der Waals surface area contributed by atoms with E-state index >= 15 is 0 Å². The average molecular weight is 263 g/mol. The van der Waals surface area contributed by atoms with Gasteiger partial charge in [0.05, 0.1) is 5.52 Å². The van der Waals surface area contributed by atoms with Crippen molar-refractivity contribution in [2.45, 2.75) is 25.7 Å². The monoisotopic (exact) mass is 263 g/mol. The summed E-state index contributed by atoms with van der Waals surface area (Å²) in [6.45, 7) is 0. The van der Waals surface area contributed by atoms with Gasteiger partial charge < -0.3 is 4.42 Å². The van der Waals surface area contributed by atoms with E-state index in [1.54, 1.807) is 7.05 Å². The summed E-state index contributed by atoms with van der Waals surface area (Å²) in [5, 5.41) is 0. The van der Waals surface area contributed by atoms with Crippen LogP contribution in [0.2, 0.25) is 0 Å². The molecule has 1 aromatic carbocycles. The van der Waals surface area contributed by atoms with Gasteiger partial charge in [-0.15, -0.1) is 0 Å². The maximum atomic E-state index is 11.2. The number of aromatic amines is 1. The molecule has 0 aliphatic rings. The Hall–Kier alpha value is -2.08. The van der Waals surface area contributed by atoms with Crippen molar-refractivity contribution in [2.24, 2.45) is 0 Å². The molecule has 2 aromatic rings. The molecule has 0 aliphatic carbocycles. The number of aryl methyl sites for hydroxylation is 1. The van der Waals surface area contributed by atoms with E-state index in [9.17, 15) is 9.59 Å². The van der Waals surface area contributed by atoms with Gasteiger partial charge >= 0.3 is 5.76 Å². The van der Waals surface area contributed by atoms with Crippen LogP contribution in [0.3, 0.4) is 0 Å². The molecule has 0 saturated carbocycles. The number of amides is 1. The lowest BCUT2D eigenvalue weighted by Gasteiger charge is -2.03. The average Bonchev–Trinajstić information content (AvgIpc) is 2.74. The predicted octanol–water partition coefficient (Wildman–Crippen LogP) is 1.08. The van der Waals surface area contributed by atoms with Gasteiger partial charge in [0, 0.05) is 13.5 Å². The zero-order valence-electron chi connectivity index (χ0n) is 10.8. The molecule has 1 aromatic heterocycles. The molecule has 0 aliphatic heterocycles. The van der Waals surface area contributed by atoms with Gasteiger partial charge in [-0.05, 0) is 37.0 Å². The van der Waals surface area contributed by atoms with E-state index in [0.29, 0.717) is 17.5 Å². The Morgan fingerprint density at radius 2 is 2.21 bits per heavy atom. The van der Waals surface area contributed by atoms with Gasteiger partial charge in [0.2, 0.25) is 5.91 Å². The second-order valence-corrected chi connectivity index (χ2v) is 4.35. The highest BCUT2D eigenvalue weighted by molar-refractivity contribution is 5.75. The van der Waals surface area contributed by atoms with Crippen LogP contribution in [0.25, 0.3) is 11.1 Å². The van der Waals surface area contributed by atoms with E-state index in [0.717, 1.165) is 24.8 Å². The Bertz CT molecular complexity index is 615. The van der Waals surface area contributed by atoms with Gasteiger partial charge in [-0.25, -0.2) is 10.2 Å². The number of nitrogens with one attached hydrogen (secondary N) is 3. The first kappa shape index (κ1) is 13.4. The molecule has 3 N–H and O–H groups in total. The van der Waals surface area contributed by atoms with Gasteiger partial charge in [0.25, 0.3) is 0 Å². The number of aromatic nitrogens is 1. The minimum Gasteiger partial charge on any atom is -0.408 e. The van der Waals surface area contributed by atoms with Crippen LogP contribution in [-0.2, 0) is 11.2 Å². The lowest BCUT2D eigenvalue weighted by atomic mass is 10.1. The van der Waals surface area contributed by atoms with Crippen LogP contribution in [0.5, 0.6) is 0 Å². The number of carbonyl (C=O) groups is 1. The van der Waals surface area contributed by atoms with Crippen molar-refractivity contribution in [1.29, 1.82) is 0 Å². The zero-order chi connectivity index (χ0) is 13.7. The number of hydrogen-bond acceptors (Lipinski definition) is 4. The van der Waals surface area contributed by atoms with Crippen molar-refractivity contribution in [3.05, 3.63) is 34.3 Å². The predicted molar refractivity (Wildman–Crippen MR) is 71.6 cm³/mol. The topological polar surface area (TPSA) is 87.1 Å². The summed E-state index contributed by atoms with van der Waals surface area (Å²) >= 11 is 0. The largest absolute Gasteiger partial charge is 0.417 e. The Labute approximate surface area is 110 Å². The third kappa shape index (κ3) is 3.69. The molecule has 0 radical (unpaired) electrons. The number of carbonyl (C=O) groups excluding carboxylic acids is 1. The molecule has 6 heteroatoms. The first-order valence-corrected chi connectivity index (χ1v) is 6.26. The molecule has 102 valence electrons. The van der Waals surface area contributed by atoms with E-state index in [1.165, 1.54) is 0 Å². The quantitative estimate of drug-likeness (QED) is 0.537. The molecule has 0 unspecified atom stereocenters. The number of unbranched alkanes of at least 4 members (excludes halogenated alkanes) is 1. The standard InChI is InChI=1S/C13H17N3O3/c1-14-16-12(17)5-3-2-4-9-6-7-10-11(8-9)19-13(18)15-10/h6-8,14H,2-5H2,1H3,(H,15,18)(H,16,17). The maximum absolute atomic E-state index is 11.2. The number of benzene rings is 1. The van der Waals surface area contributed by atoms with Crippen LogP contribution < -0.4 is 16.6 Å². The number of rotatable bonds is 6. The van der Waals surface area contributed by atoms with E-state index in [1.807, 2.05) is 18.2 Å². The molecular formula is C13H17N3O3. The Kier molecular flexibility index (Phi) is 4.35. The minimum atomic E-state index is -0.434. The lowest BCUT2D eigenvalue weighted by Crippen LogP contribution is -2.33. The zero-order valence-corrected chi connectivity index (χ0v) is 10.8. The summed E-state index contributed by atoms with van der Waals surface area (Å²) in [4.78, 5) is 24.8. The molecule has 19 heavy (non-hydrogen) atoms. The summed E-state index contributed by atoms with van der Waals surface area (Å²) in [6, 6.07) is 5.66. The van der Waals surface area contributed by atoms with Crippen molar-refractivity contribution in [2.75, 3.05) is 7.05 Å². The van der Waals surface area contributed by atoms with Crippen LogP contribution in [0.1, 0.15) is 24.8 Å². The van der Waals surface area contributed by atoms with Crippen LogP contribution in [0.15, 0.2) is 27.4 Å². The first-order chi connectivity index (χ1) is 9.19. The number of hydrazine groups is 1. The van der Waals surface area contributed by atoms with E-state index < -0.39 is 5.76 Å². The molecule has 0 atom stereocenters. The minimum absolute atomic E-state index is 0.00502. The highest BCUT2D eigenvalue weighted by Gasteiger charge is 2.03. The Morgan fingerprint density at radius 1 is 1.37 bits per heavy atom. The molecule has 0 fully saturated rings. The highest BCUT2D eigenvalue weighted by atomic mass is 16.4. The molecule has 6 nitrogen and oxygen atoms in total. The summed E-state index contributed by atoms with van der Waals surface area (Å²) in [6.07, 6.45) is 3.10. The van der Waals surface area contributed by atoms with Crippen LogP contribution in [0, 0.1) is 0 Å². The van der Waals surface area contributed by atoms with E-state index in [4.69, 9.17) is 4.42 Å². The molecule has 1 heterocycles. The van der Waals surface area contributed by atoms with Crippen molar-refractivity contribution < 1.29 is 9.21 Å². The molecule has 2 rings (SSSR count). The van der Waals surface area contributed by atoms with Crippen LogP contribution in [0.4, 0.5) is 0 Å². The fourth-order valence-corrected chi connectivity index (χ4v) is 1.96. The number of hydrogen-bond donors (Lipinski definition) is 3. The molecule has 1 amide bonds. The van der Waals surface area contributed by atoms with Gasteiger partial charge in [-0.3, -0.25) is 15.2 Å². The third-order valence-electron chi connectivity index (χ3n) is 2.87. The summed E-state index contributed by atoms with van der Waals surface area (Å²) in [7, 11) is 1.66. The smallest absolute Gasteiger partial charge is 0.408 e. The van der Waals surface area contributed by atoms with Gasteiger partial charge in [-0.1, -0.05) is 6.07 Å². The van der Waals surface area contributed by atoms with Crippen molar-refractivity contribution in [3.8, 4) is 0 Å². The van der Waals surface area contributed by atoms with Gasteiger partial charge in [0.15, 0.2) is 5.58 Å². The fourth-order valence-electron chi connectivity index (χ4n) is 1.96. The van der Waals surface area contributed by atoms with Gasteiger partial charge in [0.1, 0.15) is 0 Å². The first-order valence-electron chi connectivity index (χ1n) is 6.26. The Balaban J connectivity index is 1.84. The van der Waals surface area contributed by atoms with E-state index in [2.05, 4.69) is 15.8 Å². The summed E-state index contributed by atoms with van der Waals surface area (Å²) in [5.74, 6) is -0.439. The van der Waals surface area contributed by atoms with Crippen LogP contribution in [-0.4, -0.2) is 17.9 Å². The van der Waals surface area contributed by atoms with Crippen molar-refractivity contribution in [1.82, 2.24) is 15.8 Å². The lowest BCUT2D eigenvalue weighted by molar-refractivity contribution is -0.122. The molecular weight excluding hydrogens is 246 g/mol. The van der Waals surface area contributed by atoms with Gasteiger partial charge in [-0.2, -0.15) is 0 Å². The normalized spacial score (nSPS) is 10.8. The number of oxazole rings is 1. The number of H-pyrrole nitrogens is 1. The summed E-state index contributed by atoms with van der Waals surface area (Å²) < 4.78 is 5.00. The van der Waals surface area contributed by atoms with Crippen molar-refractivity contribution >= 4 is 17.0 Å². The van der Waals surface area contributed by atoms with Crippen molar-refractivity contribution in [3.63, 3.8) is 0 Å². The molecule has 0 bridgehead atoms. The highest BCUT2D eigenvalue weighted by Crippen LogP contribution is 2.14. The SMILES string of the molecule is CNNC(=O)CCCCc1ccc2[nH]c(=O)oc2c1. The molecule has 0 saturated heterocycles. The number of fused-ring (bicyclic) bond motifs is 1. The second-order valence-electron chi connectivity index (χ2n) is 4.35. The second kappa shape index (κ2) is 6.19. The third-order valence-corrected chi connectivity index (χ3v) is 2.87. The molecule has 0 spiro atoms. The van der Waals surface area contributed by atoms with E-state index in [-0.39, 0.29) is 5.91 Å². The Morgan fingerprint density at radius 3 is 3.00 bits per heavy atom. The summed E-state index contributed by atoms with van der Waals surface area (Å²) in [5.41, 5.74) is 7.52. The maximum Gasteiger partial charge on any atom is 0.417 e. The fraction of sp³-hybridized carbons (Fsp3) is 0.385.